The van der Waals surface area contributed by atoms with Crippen LogP contribution in [0.15, 0.2) is 42.5 Å². The average Bonchev–Trinajstić information content (AvgIpc) is 2.54. The number of carbonyl (C=O) groups is 2. The van der Waals surface area contributed by atoms with Crippen LogP contribution in [-0.4, -0.2) is 22.5 Å². The van der Waals surface area contributed by atoms with Crippen LogP contribution in [0.2, 0.25) is 5.02 Å². The van der Waals surface area contributed by atoms with E-state index < -0.39 is 16.6 Å². The van der Waals surface area contributed by atoms with Crippen LogP contribution in [0.4, 0.5) is 11.4 Å². The van der Waals surface area contributed by atoms with E-state index in [1.165, 1.54) is 24.3 Å². The van der Waals surface area contributed by atoms with Gasteiger partial charge in [-0.15, -0.1) is 11.6 Å². The molecule has 0 heterocycles. The fourth-order valence-corrected chi connectivity index (χ4v) is 2.21. The molecule has 0 unspecified atom stereocenters. The van der Waals surface area contributed by atoms with Crippen molar-refractivity contribution in [1.82, 2.24) is 0 Å². The van der Waals surface area contributed by atoms with Crippen LogP contribution >= 0.6 is 23.2 Å². The van der Waals surface area contributed by atoms with Crippen LogP contribution in [0.5, 0.6) is 0 Å². The normalized spacial score (nSPS) is 10.2. The predicted molar refractivity (Wildman–Crippen MR) is 87.3 cm³/mol. The lowest BCUT2D eigenvalue weighted by Crippen LogP contribution is -2.16. The molecule has 1 N–H and O–H groups in total. The van der Waals surface area contributed by atoms with E-state index in [0.29, 0.717) is 0 Å². The maximum atomic E-state index is 12.6. The zero-order valence-corrected chi connectivity index (χ0v) is 13.1. The van der Waals surface area contributed by atoms with Crippen molar-refractivity contribution in [3.05, 3.63) is 68.7 Å². The Bertz CT molecular complexity index is 793. The van der Waals surface area contributed by atoms with Gasteiger partial charge in [-0.25, -0.2) is 0 Å². The topological polar surface area (TPSA) is 89.3 Å². The second-order valence-corrected chi connectivity index (χ2v) is 5.15. The minimum atomic E-state index is -0.628. The number of hydrogen-bond acceptors (Lipinski definition) is 4. The van der Waals surface area contributed by atoms with Gasteiger partial charge in [0, 0.05) is 17.7 Å². The highest BCUT2D eigenvalue weighted by Gasteiger charge is 2.20. The van der Waals surface area contributed by atoms with Crippen molar-refractivity contribution < 1.29 is 14.5 Å². The van der Waals surface area contributed by atoms with Crippen molar-refractivity contribution in [3.8, 4) is 0 Å². The van der Waals surface area contributed by atoms with Gasteiger partial charge in [0.2, 0.25) is 5.91 Å². The molecule has 0 spiro atoms. The molecule has 0 saturated heterocycles. The summed E-state index contributed by atoms with van der Waals surface area (Å²) in [6.45, 7) is 0. The molecular weight excluding hydrogens is 349 g/mol. The Labute approximate surface area is 141 Å². The summed E-state index contributed by atoms with van der Waals surface area (Å²) >= 11 is 11.4. The molecule has 2 aromatic rings. The summed E-state index contributed by atoms with van der Waals surface area (Å²) in [5.74, 6) is -1.38. The number of nitrogens with zero attached hydrogens (tertiary/aromatic N) is 1. The third kappa shape index (κ3) is 3.85. The van der Waals surface area contributed by atoms with Crippen LogP contribution in [0.1, 0.15) is 15.9 Å². The molecule has 0 saturated carbocycles. The molecule has 0 bridgehead atoms. The van der Waals surface area contributed by atoms with E-state index in [0.717, 1.165) is 6.07 Å². The van der Waals surface area contributed by atoms with Gasteiger partial charge in [-0.05, 0) is 18.2 Å². The highest BCUT2D eigenvalue weighted by molar-refractivity contribution is 6.35. The van der Waals surface area contributed by atoms with Gasteiger partial charge in [-0.3, -0.25) is 19.7 Å². The molecule has 6 nitrogen and oxygen atoms in total. The SMILES string of the molecule is O=C(CCl)N[13c]1[13cH][13cH][13c]([N+](=O)[O-])[13cH][13c]1C(=O)c1ccccc1Cl. The lowest BCUT2D eigenvalue weighted by atomic mass is 10.2. The third-order valence-electron chi connectivity index (χ3n) is 2.97. The molecule has 0 aliphatic rings. The molecule has 2 aromatic carbocycles. The first-order chi connectivity index (χ1) is 10.9. The first-order valence-corrected chi connectivity index (χ1v) is 7.28. The molecule has 0 aromatic heterocycles. The Morgan fingerprint density at radius 3 is 2.43 bits per heavy atom. The third-order valence-corrected chi connectivity index (χ3v) is 3.54. The van der Waals surface area contributed by atoms with Crippen molar-refractivity contribution in [2.75, 3.05) is 11.2 Å². The highest BCUT2D eigenvalue weighted by atomic mass is 35.5. The number of non-ortho nitro benzene ring substituents is 1. The Hall–Kier alpha value is -2.44. The minimum absolute atomic E-state index is 0.0363. The first kappa shape index (κ1) is 16.9. The summed E-state index contributed by atoms with van der Waals surface area (Å²) in [5.41, 5.74) is -0.00255. The second kappa shape index (κ2) is 7.21. The van der Waals surface area contributed by atoms with Crippen molar-refractivity contribution >= 4 is 46.3 Å². The molecule has 23 heavy (non-hydrogen) atoms. The number of nitro groups is 1. The van der Waals surface area contributed by atoms with Gasteiger partial charge in [-0.1, -0.05) is 23.7 Å². The van der Waals surface area contributed by atoms with E-state index in [4.69, 9.17) is 23.2 Å². The van der Waals surface area contributed by atoms with E-state index in [2.05, 4.69) is 5.32 Å². The van der Waals surface area contributed by atoms with Gasteiger partial charge in [0.25, 0.3) is 5.69 Å². The second-order valence-electron chi connectivity index (χ2n) is 4.48. The number of alkyl halides is 1. The Morgan fingerprint density at radius 2 is 1.83 bits per heavy atom. The molecule has 1 amide bonds. The largest absolute Gasteiger partial charge is 0.324 e. The van der Waals surface area contributed by atoms with Crippen molar-refractivity contribution in [3.63, 3.8) is 0 Å². The summed E-state index contributed by atoms with van der Waals surface area (Å²) in [5, 5.41) is 13.6. The van der Waals surface area contributed by atoms with Gasteiger partial charge in [0.1, 0.15) is 5.88 Å². The maximum absolute atomic E-state index is 12.6. The lowest BCUT2D eigenvalue weighted by Gasteiger charge is -2.10. The average molecular weight is 359 g/mol. The zero-order valence-electron chi connectivity index (χ0n) is 11.6. The fraction of sp³-hybridized carbons (Fsp3) is 0.0667. The minimum Gasteiger partial charge on any atom is -0.324 e. The first-order valence-electron chi connectivity index (χ1n) is 6.37. The van der Waals surface area contributed by atoms with Gasteiger partial charge in [0.05, 0.1) is 21.2 Å². The molecule has 0 fully saturated rings. The number of nitrogens with one attached hydrogen (secondary N) is 1. The van der Waals surface area contributed by atoms with Crippen molar-refractivity contribution in [1.29, 1.82) is 0 Å². The molecular formula is C15H10Cl2N2O4. The lowest BCUT2D eigenvalue weighted by molar-refractivity contribution is -0.384. The number of rotatable bonds is 5. The maximum Gasteiger partial charge on any atom is 0.270 e. The van der Waals surface area contributed by atoms with E-state index >= 15 is 0 Å². The quantitative estimate of drug-likeness (QED) is 0.382. The number of carbonyl (C=O) groups excluding carboxylic acids is 2. The highest BCUT2D eigenvalue weighted by Crippen LogP contribution is 2.27. The number of nitro benzene ring substituents is 1. The monoisotopic (exact) mass is 358 g/mol. The number of ketones is 1. The summed E-state index contributed by atoms with van der Waals surface area (Å²) in [6.07, 6.45) is 0. The van der Waals surface area contributed by atoms with Crippen LogP contribution < -0.4 is 5.32 Å². The van der Waals surface area contributed by atoms with Crippen molar-refractivity contribution in [2.45, 2.75) is 0 Å². The number of anilines is 1. The zero-order chi connectivity index (χ0) is 17.0. The van der Waals surface area contributed by atoms with E-state index in [1.807, 2.05) is 0 Å². The summed E-state index contributed by atoms with van der Waals surface area (Å²) in [4.78, 5) is 34.4. The van der Waals surface area contributed by atoms with E-state index in [1.54, 1.807) is 12.1 Å². The number of amides is 1. The van der Waals surface area contributed by atoms with Gasteiger partial charge < -0.3 is 5.32 Å². The molecule has 8 heteroatoms. The molecule has 2 rings (SSSR count). The van der Waals surface area contributed by atoms with Crippen LogP contribution in [-0.2, 0) is 4.79 Å². The van der Waals surface area contributed by atoms with E-state index in [-0.39, 0.29) is 33.4 Å². The van der Waals surface area contributed by atoms with Gasteiger partial charge >= 0.3 is 0 Å². The molecule has 0 aliphatic carbocycles. The standard InChI is InChI=1S/C15H10Cl2N2O4/c16-8-14(20)18-13-6-5-9(19(22)23)7-11(13)15(21)10-3-1-2-4-12(10)17/h1-7H,8H2,(H,18,20)/i5+1,6+1,7+1,9+1,11+1,13+1. The van der Waals surface area contributed by atoms with Crippen LogP contribution in [0.3, 0.4) is 0 Å². The van der Waals surface area contributed by atoms with E-state index in [9.17, 15) is 19.7 Å². The Balaban J connectivity index is 2.55. The summed E-state index contributed by atoms with van der Waals surface area (Å²) in [6, 6.07) is 9.87. The number of hydrogen-bond donors (Lipinski definition) is 1. The summed E-state index contributed by atoms with van der Waals surface area (Å²) in [7, 11) is 0. The smallest absolute Gasteiger partial charge is 0.270 e. The predicted octanol–water partition coefficient (Wildman–Crippen LogP) is 3.66. The van der Waals surface area contributed by atoms with Gasteiger partial charge in [-0.2, -0.15) is 0 Å². The summed E-state index contributed by atoms with van der Waals surface area (Å²) < 4.78 is 0. The Morgan fingerprint density at radius 1 is 1.13 bits per heavy atom. The molecule has 118 valence electrons. The number of benzene rings is 2. The fourth-order valence-electron chi connectivity index (χ4n) is 1.92. The molecule has 0 atom stereocenters. The molecule has 0 aliphatic heterocycles. The Kier molecular flexibility index (Phi) is 5.31. The van der Waals surface area contributed by atoms with Crippen LogP contribution in [0.25, 0.3) is 0 Å². The van der Waals surface area contributed by atoms with Crippen LogP contribution in [0, 0.1) is 10.1 Å². The molecule has 0 radical (unpaired) electrons. The van der Waals surface area contributed by atoms with Gasteiger partial charge in [0.15, 0.2) is 5.78 Å². The number of halogens is 2. The van der Waals surface area contributed by atoms with Crippen molar-refractivity contribution in [2.24, 2.45) is 0 Å².